The fraction of sp³-hybridized carbons (Fsp3) is 0.381. The van der Waals surface area contributed by atoms with Gasteiger partial charge in [-0.1, -0.05) is 6.07 Å². The number of anilines is 1. The summed E-state index contributed by atoms with van der Waals surface area (Å²) >= 11 is 0. The van der Waals surface area contributed by atoms with Crippen LogP contribution < -0.4 is 10.1 Å². The number of imidazole rings is 1. The lowest BCUT2D eigenvalue weighted by molar-refractivity contribution is 0.0794. The van der Waals surface area contributed by atoms with E-state index in [1.165, 1.54) is 18.2 Å². The van der Waals surface area contributed by atoms with E-state index >= 15 is 0 Å². The number of halogens is 2. The van der Waals surface area contributed by atoms with E-state index in [2.05, 4.69) is 10.3 Å². The zero-order valence-corrected chi connectivity index (χ0v) is 16.5. The van der Waals surface area contributed by atoms with Crippen LogP contribution in [0.15, 0.2) is 36.7 Å². The first-order valence-electron chi connectivity index (χ1n) is 9.84. The van der Waals surface area contributed by atoms with E-state index < -0.39 is 18.0 Å². The Morgan fingerprint density at radius 2 is 2.23 bits per heavy atom. The molecule has 0 saturated carbocycles. The highest BCUT2D eigenvalue weighted by Gasteiger charge is 2.21. The van der Waals surface area contributed by atoms with Crippen molar-refractivity contribution in [2.45, 2.75) is 32.1 Å². The van der Waals surface area contributed by atoms with Crippen LogP contribution in [0.3, 0.4) is 0 Å². The summed E-state index contributed by atoms with van der Waals surface area (Å²) in [7, 11) is 0. The molecule has 0 aromatic carbocycles. The average molecular weight is 416 g/mol. The SMILES string of the molecule is CCOc1cc(C(=O)Nc2cccc(C(F)F)n2)cn2cc(C3CCCOC3)nc12. The molecule has 0 bridgehead atoms. The summed E-state index contributed by atoms with van der Waals surface area (Å²) in [5.41, 5.74) is 1.41. The van der Waals surface area contributed by atoms with Gasteiger partial charge in [0.15, 0.2) is 11.4 Å². The summed E-state index contributed by atoms with van der Waals surface area (Å²) in [4.78, 5) is 21.2. The van der Waals surface area contributed by atoms with Gasteiger partial charge in [-0.15, -0.1) is 0 Å². The quantitative estimate of drug-likeness (QED) is 0.651. The Hall–Kier alpha value is -3.07. The van der Waals surface area contributed by atoms with Gasteiger partial charge in [-0.05, 0) is 38.0 Å². The molecule has 1 unspecified atom stereocenters. The molecule has 4 heterocycles. The summed E-state index contributed by atoms with van der Waals surface area (Å²) in [6.07, 6.45) is 2.78. The van der Waals surface area contributed by atoms with E-state index in [1.54, 1.807) is 16.7 Å². The number of nitrogens with zero attached hydrogens (tertiary/aromatic N) is 3. The zero-order chi connectivity index (χ0) is 21.1. The smallest absolute Gasteiger partial charge is 0.280 e. The average Bonchev–Trinajstić information content (AvgIpc) is 3.19. The van der Waals surface area contributed by atoms with Crippen LogP contribution in [0, 0.1) is 0 Å². The molecular weight excluding hydrogens is 394 g/mol. The van der Waals surface area contributed by atoms with E-state index in [4.69, 9.17) is 14.5 Å². The number of hydrogen-bond donors (Lipinski definition) is 1. The van der Waals surface area contributed by atoms with Crippen LogP contribution in [0.25, 0.3) is 5.65 Å². The third-order valence-corrected chi connectivity index (χ3v) is 4.91. The minimum absolute atomic E-state index is 0.0570. The normalized spacial score (nSPS) is 16.7. The highest BCUT2D eigenvalue weighted by Crippen LogP contribution is 2.29. The molecule has 1 aliphatic rings. The number of aromatic nitrogens is 3. The molecule has 0 radical (unpaired) electrons. The molecule has 3 aromatic heterocycles. The van der Waals surface area contributed by atoms with Gasteiger partial charge in [-0.2, -0.15) is 0 Å². The summed E-state index contributed by atoms with van der Waals surface area (Å²) in [6.45, 7) is 3.64. The first kappa shape index (κ1) is 20.2. The van der Waals surface area contributed by atoms with Gasteiger partial charge < -0.3 is 19.2 Å². The molecule has 30 heavy (non-hydrogen) atoms. The lowest BCUT2D eigenvalue weighted by atomic mass is 9.99. The number of rotatable bonds is 6. The van der Waals surface area contributed by atoms with Crippen LogP contribution in [-0.2, 0) is 4.74 Å². The van der Waals surface area contributed by atoms with Crippen molar-refractivity contribution in [1.29, 1.82) is 0 Å². The van der Waals surface area contributed by atoms with Crippen LogP contribution in [-0.4, -0.2) is 40.1 Å². The molecule has 3 aromatic rings. The summed E-state index contributed by atoms with van der Waals surface area (Å²) in [5, 5.41) is 2.57. The maximum absolute atomic E-state index is 12.9. The van der Waals surface area contributed by atoms with E-state index in [1.807, 2.05) is 13.1 Å². The van der Waals surface area contributed by atoms with Crippen molar-refractivity contribution in [1.82, 2.24) is 14.4 Å². The fourth-order valence-corrected chi connectivity index (χ4v) is 3.47. The van der Waals surface area contributed by atoms with E-state index in [0.717, 1.165) is 25.1 Å². The molecule has 1 N–H and O–H groups in total. The summed E-state index contributed by atoms with van der Waals surface area (Å²) < 4.78 is 38.7. The Morgan fingerprint density at radius 1 is 1.37 bits per heavy atom. The largest absolute Gasteiger partial charge is 0.490 e. The molecule has 158 valence electrons. The molecule has 9 heteroatoms. The molecular formula is C21H22F2N4O3. The van der Waals surface area contributed by atoms with Crippen LogP contribution in [0.2, 0.25) is 0 Å². The Labute approximate surface area is 172 Å². The second-order valence-corrected chi connectivity index (χ2v) is 7.04. The van der Waals surface area contributed by atoms with Crippen LogP contribution in [0.1, 0.15) is 53.9 Å². The lowest BCUT2D eigenvalue weighted by Crippen LogP contribution is -2.15. The van der Waals surface area contributed by atoms with Crippen LogP contribution in [0.4, 0.5) is 14.6 Å². The number of pyridine rings is 2. The lowest BCUT2D eigenvalue weighted by Gasteiger charge is -2.19. The molecule has 1 aliphatic heterocycles. The number of amides is 1. The van der Waals surface area contributed by atoms with Crippen molar-refractivity contribution in [2.24, 2.45) is 0 Å². The van der Waals surface area contributed by atoms with Crippen LogP contribution >= 0.6 is 0 Å². The number of ether oxygens (including phenoxy) is 2. The van der Waals surface area contributed by atoms with E-state index in [-0.39, 0.29) is 11.7 Å². The Kier molecular flexibility index (Phi) is 5.89. The molecule has 0 aliphatic carbocycles. The molecule has 1 saturated heterocycles. The van der Waals surface area contributed by atoms with Gasteiger partial charge in [0.05, 0.1) is 24.5 Å². The van der Waals surface area contributed by atoms with Crippen molar-refractivity contribution < 1.29 is 23.0 Å². The standard InChI is InChI=1S/C21H22F2N4O3/c1-2-30-17-9-14(21(28)26-18-7-3-6-15(24-18)19(22)23)10-27-11-16(25-20(17)27)13-5-4-8-29-12-13/h3,6-7,9-11,13,19H,2,4-5,8,12H2,1H3,(H,24,26,28). The maximum atomic E-state index is 12.9. The van der Waals surface area contributed by atoms with Gasteiger partial charge in [0.2, 0.25) is 0 Å². The highest BCUT2D eigenvalue weighted by atomic mass is 19.3. The predicted molar refractivity (Wildman–Crippen MR) is 106 cm³/mol. The molecule has 1 amide bonds. The van der Waals surface area contributed by atoms with Crippen molar-refractivity contribution in [2.75, 3.05) is 25.1 Å². The summed E-state index contributed by atoms with van der Waals surface area (Å²) in [6, 6.07) is 5.69. The van der Waals surface area contributed by atoms with Crippen molar-refractivity contribution >= 4 is 17.4 Å². The maximum Gasteiger partial charge on any atom is 0.280 e. The molecule has 1 fully saturated rings. The molecule has 1 atom stereocenters. The Balaban J connectivity index is 1.64. The molecule has 4 rings (SSSR count). The van der Waals surface area contributed by atoms with Crippen molar-refractivity contribution in [3.63, 3.8) is 0 Å². The second-order valence-electron chi connectivity index (χ2n) is 7.04. The van der Waals surface area contributed by atoms with E-state index in [0.29, 0.717) is 30.2 Å². The zero-order valence-electron chi connectivity index (χ0n) is 16.5. The van der Waals surface area contributed by atoms with Gasteiger partial charge >= 0.3 is 0 Å². The number of nitrogens with one attached hydrogen (secondary N) is 1. The Morgan fingerprint density at radius 3 is 2.97 bits per heavy atom. The number of hydrogen-bond acceptors (Lipinski definition) is 5. The van der Waals surface area contributed by atoms with Gasteiger partial charge in [0.25, 0.3) is 12.3 Å². The van der Waals surface area contributed by atoms with Gasteiger partial charge in [0, 0.05) is 24.9 Å². The van der Waals surface area contributed by atoms with E-state index in [9.17, 15) is 13.6 Å². The van der Waals surface area contributed by atoms with Crippen molar-refractivity contribution in [3.05, 3.63) is 53.6 Å². The van der Waals surface area contributed by atoms with Crippen molar-refractivity contribution in [3.8, 4) is 5.75 Å². The predicted octanol–water partition coefficient (Wildman–Crippen LogP) is 4.21. The third kappa shape index (κ3) is 4.25. The van der Waals surface area contributed by atoms with Gasteiger partial charge in [-0.3, -0.25) is 4.79 Å². The topological polar surface area (TPSA) is 77.8 Å². The first-order chi connectivity index (χ1) is 14.5. The third-order valence-electron chi connectivity index (χ3n) is 4.91. The number of carbonyl (C=O) groups is 1. The minimum Gasteiger partial charge on any atom is -0.490 e. The number of fused-ring (bicyclic) bond motifs is 1. The van der Waals surface area contributed by atoms with Gasteiger partial charge in [0.1, 0.15) is 11.5 Å². The highest BCUT2D eigenvalue weighted by molar-refractivity contribution is 6.04. The minimum atomic E-state index is -2.71. The molecule has 7 nitrogen and oxygen atoms in total. The molecule has 0 spiro atoms. The fourth-order valence-electron chi connectivity index (χ4n) is 3.47. The van der Waals surface area contributed by atoms with Crippen LogP contribution in [0.5, 0.6) is 5.75 Å². The first-order valence-corrected chi connectivity index (χ1v) is 9.84. The summed E-state index contributed by atoms with van der Waals surface area (Å²) in [5.74, 6) is 0.253. The van der Waals surface area contributed by atoms with Gasteiger partial charge in [-0.25, -0.2) is 18.7 Å². The Bertz CT molecular complexity index is 1050. The number of alkyl halides is 2. The monoisotopic (exact) mass is 416 g/mol. The second kappa shape index (κ2) is 8.74. The number of carbonyl (C=O) groups excluding carboxylic acids is 1.